The van der Waals surface area contributed by atoms with Gasteiger partial charge >= 0.3 is 0 Å². The fourth-order valence-corrected chi connectivity index (χ4v) is 5.98. The second kappa shape index (κ2) is 15.3. The first kappa shape index (κ1) is 33.7. The smallest absolute Gasteiger partial charge is 0.253 e. The molecule has 0 unspecified atom stereocenters. The largest absolute Gasteiger partial charge is 0.507 e. The molecule has 0 radical (unpaired) electrons. The Bertz CT molecular complexity index is 1740. The second-order valence-corrected chi connectivity index (χ2v) is 12.7. The minimum absolute atomic E-state index is 0.0305. The first-order chi connectivity index (χ1) is 22.6. The fourth-order valence-electron chi connectivity index (χ4n) is 5.74. The zero-order valence-electron chi connectivity index (χ0n) is 26.6. The molecule has 2 amide bonds. The molecule has 0 spiro atoms. The fraction of sp³-hybridized carbons (Fsp3) is 0.324. The van der Waals surface area contributed by atoms with E-state index < -0.39 is 11.9 Å². The Morgan fingerprint density at radius 2 is 1.74 bits per heavy atom. The molecule has 0 aliphatic heterocycles. The van der Waals surface area contributed by atoms with Crippen LogP contribution in [0.5, 0.6) is 5.75 Å². The maximum Gasteiger partial charge on any atom is 0.253 e. The molecule has 10 heteroatoms. The van der Waals surface area contributed by atoms with Gasteiger partial charge in [-0.15, -0.1) is 0 Å². The lowest BCUT2D eigenvalue weighted by atomic mass is 9.91. The number of furan rings is 1. The summed E-state index contributed by atoms with van der Waals surface area (Å²) in [6, 6.07) is 22.9. The number of nitriles is 1. The zero-order valence-corrected chi connectivity index (χ0v) is 27.3. The lowest BCUT2D eigenvalue weighted by molar-refractivity contribution is -0.123. The van der Waals surface area contributed by atoms with Gasteiger partial charge in [-0.25, -0.2) is 0 Å². The van der Waals surface area contributed by atoms with Crippen LogP contribution in [0.25, 0.3) is 11.3 Å². The molecule has 0 saturated heterocycles. The molecule has 47 heavy (non-hydrogen) atoms. The van der Waals surface area contributed by atoms with Gasteiger partial charge in [-0.2, -0.15) is 5.26 Å². The van der Waals surface area contributed by atoms with Crippen LogP contribution in [0.3, 0.4) is 0 Å². The molecule has 9 nitrogen and oxygen atoms in total. The molecule has 1 saturated carbocycles. The summed E-state index contributed by atoms with van der Waals surface area (Å²) in [5.41, 5.74) is 10.1. The maximum absolute atomic E-state index is 13.7. The van der Waals surface area contributed by atoms with Gasteiger partial charge in [0.15, 0.2) is 0 Å². The third kappa shape index (κ3) is 8.80. The molecule has 3 aromatic carbocycles. The maximum atomic E-state index is 13.7. The van der Waals surface area contributed by atoms with Gasteiger partial charge in [0.05, 0.1) is 34.3 Å². The summed E-state index contributed by atoms with van der Waals surface area (Å²) in [5.74, 6) is -0.00855. The van der Waals surface area contributed by atoms with Crippen LogP contribution in [0.15, 0.2) is 77.2 Å². The minimum Gasteiger partial charge on any atom is -0.507 e. The Morgan fingerprint density at radius 1 is 1.04 bits per heavy atom. The third-order valence-electron chi connectivity index (χ3n) is 8.68. The summed E-state index contributed by atoms with van der Waals surface area (Å²) < 4.78 is 6.05. The van der Waals surface area contributed by atoms with E-state index in [0.29, 0.717) is 29.2 Å². The molecule has 1 aliphatic carbocycles. The van der Waals surface area contributed by atoms with E-state index in [9.17, 15) is 20.0 Å². The summed E-state index contributed by atoms with van der Waals surface area (Å²) >= 11 is 6.46. The minimum atomic E-state index is -0.920. The first-order valence-electron chi connectivity index (χ1n) is 15.9. The molecule has 4 aromatic rings. The highest BCUT2D eigenvalue weighted by atomic mass is 35.5. The number of nitrogens with two attached hydrogens (primary N) is 1. The molecule has 1 aromatic heterocycles. The predicted octanol–water partition coefficient (Wildman–Crippen LogP) is 6.06. The van der Waals surface area contributed by atoms with Gasteiger partial charge < -0.3 is 31.2 Å². The van der Waals surface area contributed by atoms with Gasteiger partial charge in [-0.1, -0.05) is 53.6 Å². The third-order valence-corrected chi connectivity index (χ3v) is 8.99. The van der Waals surface area contributed by atoms with Crippen LogP contribution in [0.4, 0.5) is 0 Å². The molecule has 2 atom stereocenters. The van der Waals surface area contributed by atoms with Crippen molar-refractivity contribution in [2.45, 2.75) is 76.7 Å². The van der Waals surface area contributed by atoms with Crippen LogP contribution >= 0.6 is 11.6 Å². The van der Waals surface area contributed by atoms with Gasteiger partial charge in [0, 0.05) is 30.6 Å². The lowest BCUT2D eigenvalue weighted by Gasteiger charge is -2.29. The summed E-state index contributed by atoms with van der Waals surface area (Å²) in [6.45, 7) is 4.58. The van der Waals surface area contributed by atoms with E-state index in [2.05, 4.69) is 60.1 Å². The molecule has 0 bridgehead atoms. The summed E-state index contributed by atoms with van der Waals surface area (Å²) in [6.07, 6.45) is 3.37. The van der Waals surface area contributed by atoms with Crippen molar-refractivity contribution in [2.24, 2.45) is 5.73 Å². The number of halogens is 1. The van der Waals surface area contributed by atoms with Crippen molar-refractivity contribution in [3.8, 4) is 23.1 Å². The Kier molecular flexibility index (Phi) is 11.0. The van der Waals surface area contributed by atoms with Crippen LogP contribution in [0, 0.1) is 18.3 Å². The topological polar surface area (TPSA) is 153 Å². The number of aromatic hydroxyl groups is 1. The van der Waals surface area contributed by atoms with E-state index in [1.807, 2.05) is 6.07 Å². The number of amides is 2. The van der Waals surface area contributed by atoms with Gasteiger partial charge in [-0.3, -0.25) is 9.59 Å². The van der Waals surface area contributed by atoms with Crippen molar-refractivity contribution in [1.29, 1.82) is 5.26 Å². The molecular formula is C37H40ClN5O4. The van der Waals surface area contributed by atoms with Crippen molar-refractivity contribution >= 4 is 23.4 Å². The number of hydrogen-bond donors (Lipinski definition) is 5. The number of hydrogen-bond acceptors (Lipinski definition) is 7. The summed E-state index contributed by atoms with van der Waals surface area (Å²) in [4.78, 5) is 27.2. The molecule has 1 heterocycles. The standard InChI is InChI=1S/C37H40ClN5O4/c1-22-3-9-26(10-4-22)23(2)41-21-29-15-16-35(47-29)31-18-30(32(38)19-34(31)44)36(45)43-33(17-24-5-7-25(20-39)8-6-24)37(46)42-28-13-11-27(40)12-14-28/h3-10,15-16,18-19,23,27-28,33,41,44H,11-14,17,21,40H2,1-2H3,(H,42,46)(H,43,45)/t23-,27?,28?,33-/m1/s1. The van der Waals surface area contributed by atoms with Crippen molar-refractivity contribution in [3.05, 3.63) is 111 Å². The van der Waals surface area contributed by atoms with Crippen LogP contribution < -0.4 is 21.7 Å². The van der Waals surface area contributed by atoms with E-state index in [-0.39, 0.29) is 46.8 Å². The highest BCUT2D eigenvalue weighted by Gasteiger charge is 2.28. The molecular weight excluding hydrogens is 614 g/mol. The number of carbonyl (C=O) groups excluding carboxylic acids is 2. The number of nitrogens with one attached hydrogen (secondary N) is 3. The molecule has 6 N–H and O–H groups in total. The number of carbonyl (C=O) groups is 2. The normalized spacial score (nSPS) is 17.3. The average molecular weight is 654 g/mol. The Morgan fingerprint density at radius 3 is 2.43 bits per heavy atom. The van der Waals surface area contributed by atoms with Crippen LogP contribution in [0.2, 0.25) is 5.02 Å². The van der Waals surface area contributed by atoms with Gasteiger partial charge in [0.25, 0.3) is 5.91 Å². The van der Waals surface area contributed by atoms with E-state index >= 15 is 0 Å². The van der Waals surface area contributed by atoms with E-state index in [1.54, 1.807) is 30.3 Å². The van der Waals surface area contributed by atoms with E-state index in [0.717, 1.165) is 36.8 Å². The van der Waals surface area contributed by atoms with E-state index in [1.165, 1.54) is 17.7 Å². The van der Waals surface area contributed by atoms with Crippen molar-refractivity contribution in [1.82, 2.24) is 16.0 Å². The second-order valence-electron chi connectivity index (χ2n) is 12.3. The molecule has 1 aliphatic rings. The highest BCUT2D eigenvalue weighted by Crippen LogP contribution is 2.35. The van der Waals surface area contributed by atoms with Crippen molar-refractivity contribution < 1.29 is 19.1 Å². The molecule has 1 fully saturated rings. The number of phenols is 1. The predicted molar refractivity (Wildman–Crippen MR) is 182 cm³/mol. The van der Waals surface area contributed by atoms with Crippen molar-refractivity contribution in [2.75, 3.05) is 0 Å². The number of aryl methyl sites for hydroxylation is 1. The van der Waals surface area contributed by atoms with E-state index in [4.69, 9.17) is 21.8 Å². The SMILES string of the molecule is Cc1ccc([C@@H](C)NCc2ccc(-c3cc(C(=O)N[C@H](Cc4ccc(C#N)cc4)C(=O)NC4CCC(N)CC4)c(Cl)cc3O)o2)cc1. The average Bonchev–Trinajstić information content (AvgIpc) is 3.53. The first-order valence-corrected chi connectivity index (χ1v) is 16.2. The Labute approximate surface area is 280 Å². The summed E-state index contributed by atoms with van der Waals surface area (Å²) in [5, 5.41) is 29.4. The number of benzene rings is 3. The van der Waals surface area contributed by atoms with Crippen LogP contribution in [-0.2, 0) is 17.8 Å². The number of nitrogens with zero attached hydrogens (tertiary/aromatic N) is 1. The van der Waals surface area contributed by atoms with Gasteiger partial charge in [-0.05, 0) is 81.0 Å². The van der Waals surface area contributed by atoms with Gasteiger partial charge in [0.1, 0.15) is 23.3 Å². The van der Waals surface area contributed by atoms with Crippen LogP contribution in [-0.4, -0.2) is 35.0 Å². The zero-order chi connectivity index (χ0) is 33.5. The lowest BCUT2D eigenvalue weighted by Crippen LogP contribution is -2.51. The highest BCUT2D eigenvalue weighted by molar-refractivity contribution is 6.34. The monoisotopic (exact) mass is 653 g/mol. The molecule has 244 valence electrons. The summed E-state index contributed by atoms with van der Waals surface area (Å²) in [7, 11) is 0. The molecule has 5 rings (SSSR count). The van der Waals surface area contributed by atoms with Crippen molar-refractivity contribution in [3.63, 3.8) is 0 Å². The quantitative estimate of drug-likeness (QED) is 0.132. The van der Waals surface area contributed by atoms with Crippen LogP contribution in [0.1, 0.15) is 77.0 Å². The Hall–Kier alpha value is -4.62. The number of rotatable bonds is 11. The van der Waals surface area contributed by atoms with Gasteiger partial charge in [0.2, 0.25) is 5.91 Å². The Balaban J connectivity index is 1.31. The number of phenolic OH excluding ortho intramolecular Hbond substituents is 1.